The van der Waals surface area contributed by atoms with Gasteiger partial charge >= 0.3 is 5.51 Å². The van der Waals surface area contributed by atoms with Crippen LogP contribution < -0.4 is 5.32 Å². The van der Waals surface area contributed by atoms with Crippen LogP contribution in [0.1, 0.15) is 12.0 Å². The Labute approximate surface area is 124 Å². The minimum atomic E-state index is -4.23. The van der Waals surface area contributed by atoms with Crippen LogP contribution in [0.4, 0.5) is 13.2 Å². The number of hydrogen-bond acceptors (Lipinski definition) is 4. The van der Waals surface area contributed by atoms with Gasteiger partial charge < -0.3 is 5.32 Å². The molecule has 0 aliphatic heterocycles. The number of alkyl halides is 3. The first-order valence-electron chi connectivity index (χ1n) is 6.42. The van der Waals surface area contributed by atoms with Crippen molar-refractivity contribution in [2.45, 2.75) is 29.9 Å². The van der Waals surface area contributed by atoms with Gasteiger partial charge in [0.1, 0.15) is 0 Å². The van der Waals surface area contributed by atoms with Gasteiger partial charge in [0.05, 0.1) is 6.20 Å². The molecule has 0 aliphatic rings. The number of aryl methyl sites for hydroxylation is 1. The number of hydrogen-bond donors (Lipinski definition) is 1. The third-order valence-corrected chi connectivity index (χ3v) is 3.44. The van der Waals surface area contributed by atoms with Crippen LogP contribution in [0.25, 0.3) is 0 Å². The maximum Gasteiger partial charge on any atom is 0.446 e. The second-order valence-corrected chi connectivity index (χ2v) is 5.53. The molecule has 114 valence electrons. The van der Waals surface area contributed by atoms with E-state index in [1.807, 2.05) is 0 Å². The molecule has 1 N–H and O–H groups in total. The van der Waals surface area contributed by atoms with Crippen molar-refractivity contribution in [1.82, 2.24) is 20.3 Å². The molecule has 2 aromatic rings. The monoisotopic (exact) mass is 316 g/mol. The Hall–Kier alpha value is -1.54. The molecule has 0 saturated heterocycles. The maximum absolute atomic E-state index is 12.2. The lowest BCUT2D eigenvalue weighted by atomic mass is 10.2. The first-order chi connectivity index (χ1) is 10.0. The predicted octanol–water partition coefficient (Wildman–Crippen LogP) is 3.07. The van der Waals surface area contributed by atoms with Gasteiger partial charge in [0, 0.05) is 24.2 Å². The third kappa shape index (κ3) is 6.17. The fourth-order valence-corrected chi connectivity index (χ4v) is 2.30. The van der Waals surface area contributed by atoms with Gasteiger partial charge in [0.25, 0.3) is 0 Å². The Balaban J connectivity index is 1.66. The Morgan fingerprint density at radius 3 is 2.57 bits per heavy atom. The van der Waals surface area contributed by atoms with E-state index in [0.717, 1.165) is 25.1 Å². The number of thioether (sulfide) groups is 1. The Kier molecular flexibility index (Phi) is 5.63. The van der Waals surface area contributed by atoms with Gasteiger partial charge in [-0.05, 0) is 42.4 Å². The van der Waals surface area contributed by atoms with Crippen molar-refractivity contribution in [3.63, 3.8) is 0 Å². The van der Waals surface area contributed by atoms with Crippen molar-refractivity contribution in [3.05, 3.63) is 42.2 Å². The SMILES string of the molecule is FC(F)(F)Sc1ccc(CNCCCn2ccnn2)cc1. The molecule has 21 heavy (non-hydrogen) atoms. The van der Waals surface area contributed by atoms with E-state index in [0.29, 0.717) is 6.54 Å². The van der Waals surface area contributed by atoms with Crippen molar-refractivity contribution in [1.29, 1.82) is 0 Å². The quantitative estimate of drug-likeness (QED) is 0.630. The van der Waals surface area contributed by atoms with Crippen LogP contribution in [0, 0.1) is 0 Å². The number of rotatable bonds is 7. The van der Waals surface area contributed by atoms with Gasteiger partial charge in [-0.25, -0.2) is 0 Å². The van der Waals surface area contributed by atoms with E-state index in [4.69, 9.17) is 0 Å². The molecule has 0 unspecified atom stereocenters. The Morgan fingerprint density at radius 2 is 1.95 bits per heavy atom. The van der Waals surface area contributed by atoms with E-state index >= 15 is 0 Å². The number of benzene rings is 1. The Bertz CT molecular complexity index is 525. The van der Waals surface area contributed by atoms with Crippen LogP contribution in [-0.2, 0) is 13.1 Å². The van der Waals surface area contributed by atoms with Crippen LogP contribution >= 0.6 is 11.8 Å². The second kappa shape index (κ2) is 7.46. The molecule has 4 nitrogen and oxygen atoms in total. The number of aromatic nitrogens is 3. The zero-order valence-corrected chi connectivity index (χ0v) is 12.0. The first kappa shape index (κ1) is 15.8. The lowest BCUT2D eigenvalue weighted by molar-refractivity contribution is -0.0328. The van der Waals surface area contributed by atoms with Gasteiger partial charge in [-0.1, -0.05) is 17.3 Å². The van der Waals surface area contributed by atoms with E-state index in [9.17, 15) is 13.2 Å². The highest BCUT2D eigenvalue weighted by molar-refractivity contribution is 8.00. The highest BCUT2D eigenvalue weighted by Crippen LogP contribution is 2.36. The molecule has 0 aliphatic carbocycles. The smallest absolute Gasteiger partial charge is 0.313 e. The maximum atomic E-state index is 12.2. The average Bonchev–Trinajstić information content (AvgIpc) is 2.92. The van der Waals surface area contributed by atoms with E-state index in [1.165, 1.54) is 12.1 Å². The largest absolute Gasteiger partial charge is 0.446 e. The molecule has 1 aromatic carbocycles. The van der Waals surface area contributed by atoms with Gasteiger partial charge in [0.15, 0.2) is 0 Å². The molecule has 0 spiro atoms. The summed E-state index contributed by atoms with van der Waals surface area (Å²) in [6.07, 6.45) is 4.34. The molecule has 2 rings (SSSR count). The fraction of sp³-hybridized carbons (Fsp3) is 0.385. The van der Waals surface area contributed by atoms with Gasteiger partial charge in [-0.15, -0.1) is 5.10 Å². The first-order valence-corrected chi connectivity index (χ1v) is 7.24. The zero-order chi connectivity index (χ0) is 15.1. The van der Waals surface area contributed by atoms with E-state index in [1.54, 1.807) is 29.2 Å². The van der Waals surface area contributed by atoms with Crippen molar-refractivity contribution < 1.29 is 13.2 Å². The van der Waals surface area contributed by atoms with Gasteiger partial charge in [0.2, 0.25) is 0 Å². The summed E-state index contributed by atoms with van der Waals surface area (Å²) in [6, 6.07) is 6.39. The second-order valence-electron chi connectivity index (χ2n) is 4.39. The topological polar surface area (TPSA) is 42.7 Å². The molecule has 0 radical (unpaired) electrons. The molecule has 0 bridgehead atoms. The minimum Gasteiger partial charge on any atom is -0.313 e. The molecule has 0 fully saturated rings. The highest BCUT2D eigenvalue weighted by atomic mass is 32.2. The van der Waals surface area contributed by atoms with Crippen LogP contribution in [0.5, 0.6) is 0 Å². The molecule has 0 saturated carbocycles. The van der Waals surface area contributed by atoms with Crippen molar-refractivity contribution in [3.8, 4) is 0 Å². The summed E-state index contributed by atoms with van der Waals surface area (Å²) < 4.78 is 38.3. The summed E-state index contributed by atoms with van der Waals surface area (Å²) in [5, 5.41) is 10.8. The third-order valence-electron chi connectivity index (χ3n) is 2.70. The molecule has 0 amide bonds. The summed E-state index contributed by atoms with van der Waals surface area (Å²) >= 11 is -0.0961. The van der Waals surface area contributed by atoms with Crippen LogP contribution in [0.3, 0.4) is 0 Å². The molecule has 0 atom stereocenters. The van der Waals surface area contributed by atoms with E-state index < -0.39 is 5.51 Å². The van der Waals surface area contributed by atoms with Crippen LogP contribution in [0.2, 0.25) is 0 Å². The molecule has 1 heterocycles. The number of nitrogens with one attached hydrogen (secondary N) is 1. The van der Waals surface area contributed by atoms with Crippen molar-refractivity contribution >= 4 is 11.8 Å². The Morgan fingerprint density at radius 1 is 1.19 bits per heavy atom. The van der Waals surface area contributed by atoms with Crippen molar-refractivity contribution in [2.24, 2.45) is 0 Å². The summed E-state index contributed by atoms with van der Waals surface area (Å²) in [6.45, 7) is 2.22. The van der Waals surface area contributed by atoms with Gasteiger partial charge in [-0.3, -0.25) is 4.68 Å². The summed E-state index contributed by atoms with van der Waals surface area (Å²) in [7, 11) is 0. The molecule has 1 aromatic heterocycles. The van der Waals surface area contributed by atoms with E-state index in [2.05, 4.69) is 15.6 Å². The summed E-state index contributed by atoms with van der Waals surface area (Å²) in [4.78, 5) is 0.206. The standard InChI is InChI=1S/C13H15F3N4S/c14-13(15,16)21-12-4-2-11(3-5-12)10-17-6-1-8-20-9-7-18-19-20/h2-5,7,9,17H,1,6,8,10H2. The van der Waals surface area contributed by atoms with Crippen LogP contribution in [-0.4, -0.2) is 27.0 Å². The predicted molar refractivity (Wildman–Crippen MR) is 74.7 cm³/mol. The zero-order valence-electron chi connectivity index (χ0n) is 11.2. The van der Waals surface area contributed by atoms with Crippen molar-refractivity contribution in [2.75, 3.05) is 6.54 Å². The molecular formula is C13H15F3N4S. The normalized spacial score (nSPS) is 11.8. The lowest BCUT2D eigenvalue weighted by Crippen LogP contribution is -2.16. The summed E-state index contributed by atoms with van der Waals surface area (Å²) in [5.74, 6) is 0. The number of halogens is 3. The van der Waals surface area contributed by atoms with Crippen LogP contribution in [0.15, 0.2) is 41.6 Å². The molecular weight excluding hydrogens is 301 g/mol. The molecule has 8 heteroatoms. The highest BCUT2D eigenvalue weighted by Gasteiger charge is 2.28. The van der Waals surface area contributed by atoms with E-state index in [-0.39, 0.29) is 16.7 Å². The summed E-state index contributed by atoms with van der Waals surface area (Å²) in [5.41, 5.74) is -3.27. The minimum absolute atomic E-state index is 0.0961. The lowest BCUT2D eigenvalue weighted by Gasteiger charge is -2.07. The van der Waals surface area contributed by atoms with Gasteiger partial charge in [-0.2, -0.15) is 13.2 Å². The number of nitrogens with zero attached hydrogens (tertiary/aromatic N) is 3. The average molecular weight is 316 g/mol. The fourth-order valence-electron chi connectivity index (χ4n) is 1.76.